The van der Waals surface area contributed by atoms with Gasteiger partial charge in [0.15, 0.2) is 5.82 Å². The summed E-state index contributed by atoms with van der Waals surface area (Å²) >= 11 is 0. The number of aromatic nitrogens is 3. The number of nitrogens with one attached hydrogen (secondary N) is 2. The fraction of sp³-hybridized carbons (Fsp3) is 0.522. The molecule has 2 bridgehead atoms. The lowest BCUT2D eigenvalue weighted by molar-refractivity contribution is -0.138. The molecular weight excluding hydrogens is 479 g/mol. The minimum absolute atomic E-state index is 0.0376. The molecule has 1 unspecified atom stereocenters. The fourth-order valence-corrected chi connectivity index (χ4v) is 5.10. The summed E-state index contributed by atoms with van der Waals surface area (Å²) in [6, 6.07) is 0.0152. The molecule has 1 aliphatic heterocycles. The van der Waals surface area contributed by atoms with Gasteiger partial charge in [0.1, 0.15) is 11.5 Å². The third-order valence-electron chi connectivity index (χ3n) is 7.21. The lowest BCUT2D eigenvalue weighted by Gasteiger charge is -2.36. The third kappa shape index (κ3) is 4.61. The van der Waals surface area contributed by atoms with Gasteiger partial charge in [-0.05, 0) is 37.7 Å². The van der Waals surface area contributed by atoms with Crippen LogP contribution in [0.1, 0.15) is 31.2 Å². The van der Waals surface area contributed by atoms with E-state index in [9.17, 15) is 27.6 Å². The van der Waals surface area contributed by atoms with E-state index in [1.807, 2.05) is 0 Å². The second kappa shape index (κ2) is 8.79. The largest absolute Gasteiger partial charge is 0.417 e. The normalized spacial score (nSPS) is 23.0. The molecule has 1 saturated heterocycles. The molecule has 3 fully saturated rings. The van der Waals surface area contributed by atoms with Crippen LogP contribution in [0, 0.1) is 11.8 Å². The van der Waals surface area contributed by atoms with Crippen LogP contribution < -0.4 is 21.1 Å². The summed E-state index contributed by atoms with van der Waals surface area (Å²) in [4.78, 5) is 49.4. The van der Waals surface area contributed by atoms with Gasteiger partial charge in [0.05, 0.1) is 18.0 Å². The Balaban J connectivity index is 1.21. The zero-order valence-electron chi connectivity index (χ0n) is 19.7. The first-order chi connectivity index (χ1) is 17.0. The summed E-state index contributed by atoms with van der Waals surface area (Å²) in [6.45, 7) is 0.640. The van der Waals surface area contributed by atoms with Crippen molar-refractivity contribution in [2.75, 3.05) is 29.1 Å². The number of amides is 3. The Kier molecular flexibility index (Phi) is 5.87. The first kappa shape index (κ1) is 24.1. The molecule has 3 amide bonds. The minimum Gasteiger partial charge on any atom is -0.352 e. The van der Waals surface area contributed by atoms with Gasteiger partial charge in [0.2, 0.25) is 5.91 Å². The number of alkyl halides is 3. The zero-order valence-corrected chi connectivity index (χ0v) is 19.7. The number of halogens is 3. The number of fused-ring (bicyclic) bond motifs is 2. The highest BCUT2D eigenvalue weighted by Gasteiger charge is 2.47. The molecular formula is C23H26F3N7O3. The fourth-order valence-electron chi connectivity index (χ4n) is 5.10. The van der Waals surface area contributed by atoms with Gasteiger partial charge < -0.3 is 25.0 Å². The van der Waals surface area contributed by atoms with Gasteiger partial charge >= 0.3 is 12.2 Å². The van der Waals surface area contributed by atoms with Gasteiger partial charge in [-0.25, -0.2) is 14.8 Å². The highest BCUT2D eigenvalue weighted by molar-refractivity contribution is 5.93. The van der Waals surface area contributed by atoms with Gasteiger partial charge in [-0.15, -0.1) is 0 Å². The van der Waals surface area contributed by atoms with Crippen LogP contribution in [-0.4, -0.2) is 57.0 Å². The number of hydrogen-bond acceptors (Lipinski definition) is 6. The van der Waals surface area contributed by atoms with Crippen molar-refractivity contribution >= 4 is 29.3 Å². The van der Waals surface area contributed by atoms with Crippen molar-refractivity contribution in [3.05, 3.63) is 40.6 Å². The number of rotatable bonds is 5. The molecule has 2 aliphatic carbocycles. The highest BCUT2D eigenvalue weighted by Crippen LogP contribution is 2.42. The number of anilines is 3. The van der Waals surface area contributed by atoms with Gasteiger partial charge in [-0.2, -0.15) is 13.2 Å². The van der Waals surface area contributed by atoms with Crippen LogP contribution in [0.25, 0.3) is 0 Å². The molecule has 2 N–H and O–H groups in total. The molecule has 10 nitrogen and oxygen atoms in total. The van der Waals surface area contributed by atoms with Crippen molar-refractivity contribution in [3.63, 3.8) is 0 Å². The molecule has 36 heavy (non-hydrogen) atoms. The van der Waals surface area contributed by atoms with Crippen molar-refractivity contribution in [2.24, 2.45) is 18.9 Å². The van der Waals surface area contributed by atoms with E-state index in [1.165, 1.54) is 18.1 Å². The average molecular weight is 506 g/mol. The standard InChI is InChI=1S/C23H26F3N7O3/c1-31-11-14(23(24,25)26)6-16(21(31)35)29-22(36)32(2)17-7-15-5-13(17)10-33(15)19-9-27-18(8-28-19)30-20(34)12-3-4-12/h6,8-9,11-13,15,17H,3-5,7,10H2,1-2H3,(H,29,36)(H,27,30,34)/t13-,15-,17?/m0/s1. The molecule has 3 aliphatic rings. The molecule has 3 heterocycles. The highest BCUT2D eigenvalue weighted by atomic mass is 19.4. The van der Waals surface area contributed by atoms with Gasteiger partial charge in [0, 0.05) is 44.8 Å². The Hall–Kier alpha value is -3.64. The van der Waals surface area contributed by atoms with Crippen LogP contribution in [0.5, 0.6) is 0 Å². The Morgan fingerprint density at radius 3 is 2.47 bits per heavy atom. The molecule has 0 aromatic carbocycles. The predicted molar refractivity (Wildman–Crippen MR) is 124 cm³/mol. The van der Waals surface area contributed by atoms with Crippen molar-refractivity contribution in [2.45, 2.75) is 43.9 Å². The number of carbonyl (C=O) groups is 2. The molecule has 3 atom stereocenters. The van der Waals surface area contributed by atoms with E-state index < -0.39 is 29.0 Å². The first-order valence-corrected chi connectivity index (χ1v) is 11.7. The van der Waals surface area contributed by atoms with Crippen molar-refractivity contribution < 1.29 is 22.8 Å². The Bertz CT molecular complexity index is 1240. The maximum atomic E-state index is 13.1. The zero-order chi connectivity index (χ0) is 25.8. The van der Waals surface area contributed by atoms with E-state index in [2.05, 4.69) is 25.5 Å². The van der Waals surface area contributed by atoms with Gasteiger partial charge in [-0.3, -0.25) is 9.59 Å². The topological polar surface area (TPSA) is 112 Å². The van der Waals surface area contributed by atoms with Crippen LogP contribution in [0.15, 0.2) is 29.5 Å². The average Bonchev–Trinajstić information content (AvgIpc) is 3.50. The van der Waals surface area contributed by atoms with Gasteiger partial charge in [0.25, 0.3) is 5.56 Å². The number of hydrogen-bond donors (Lipinski definition) is 2. The van der Waals surface area contributed by atoms with E-state index in [0.717, 1.165) is 23.8 Å². The van der Waals surface area contributed by atoms with Crippen LogP contribution in [-0.2, 0) is 18.0 Å². The molecule has 5 rings (SSSR count). The lowest BCUT2D eigenvalue weighted by Crippen LogP contribution is -2.48. The predicted octanol–water partition coefficient (Wildman–Crippen LogP) is 2.67. The number of carbonyl (C=O) groups excluding carboxylic acids is 2. The summed E-state index contributed by atoms with van der Waals surface area (Å²) in [5.41, 5.74) is -2.16. The summed E-state index contributed by atoms with van der Waals surface area (Å²) in [5.74, 6) is 1.26. The van der Waals surface area contributed by atoms with Crippen molar-refractivity contribution in [1.29, 1.82) is 0 Å². The quantitative estimate of drug-likeness (QED) is 0.646. The van der Waals surface area contributed by atoms with Crippen molar-refractivity contribution in [1.82, 2.24) is 19.4 Å². The Labute approximate surface area is 204 Å². The molecule has 2 aromatic heterocycles. The molecule has 0 radical (unpaired) electrons. The molecule has 2 aromatic rings. The molecule has 0 spiro atoms. The second-order valence-corrected chi connectivity index (χ2v) is 9.73. The number of urea groups is 1. The smallest absolute Gasteiger partial charge is 0.352 e. The first-order valence-electron chi connectivity index (χ1n) is 11.7. The van der Waals surface area contributed by atoms with Crippen LogP contribution in [0.4, 0.5) is 35.3 Å². The summed E-state index contributed by atoms with van der Waals surface area (Å²) in [7, 11) is 2.79. The van der Waals surface area contributed by atoms with E-state index in [4.69, 9.17) is 0 Å². The molecule has 2 saturated carbocycles. The molecule has 13 heteroatoms. The SMILES string of the molecule is CN(C(=O)Nc1cc(C(F)(F)F)cn(C)c1=O)C1C[C@@H]2C[C@H]1CN2c1cnc(NC(=O)C2CC2)cn1. The summed E-state index contributed by atoms with van der Waals surface area (Å²) < 4.78 is 40.2. The summed E-state index contributed by atoms with van der Waals surface area (Å²) in [6.07, 6.45) is 2.49. The lowest BCUT2D eigenvalue weighted by atomic mass is 10.0. The minimum atomic E-state index is -4.64. The second-order valence-electron chi connectivity index (χ2n) is 9.73. The Morgan fingerprint density at radius 2 is 1.89 bits per heavy atom. The van der Waals surface area contributed by atoms with E-state index >= 15 is 0 Å². The summed E-state index contributed by atoms with van der Waals surface area (Å²) in [5, 5.41) is 5.12. The molecule has 192 valence electrons. The number of piperidine rings is 1. The van der Waals surface area contributed by atoms with Crippen LogP contribution in [0.3, 0.4) is 0 Å². The number of nitrogens with zero attached hydrogens (tertiary/aromatic N) is 5. The maximum Gasteiger partial charge on any atom is 0.417 e. The maximum absolute atomic E-state index is 13.1. The van der Waals surface area contributed by atoms with E-state index in [0.29, 0.717) is 36.9 Å². The number of aryl methyl sites for hydroxylation is 1. The monoisotopic (exact) mass is 505 g/mol. The van der Waals surface area contributed by atoms with Crippen molar-refractivity contribution in [3.8, 4) is 0 Å². The van der Waals surface area contributed by atoms with E-state index in [1.54, 1.807) is 13.2 Å². The van der Waals surface area contributed by atoms with Crippen LogP contribution in [0.2, 0.25) is 0 Å². The van der Waals surface area contributed by atoms with Gasteiger partial charge in [-0.1, -0.05) is 0 Å². The third-order valence-corrected chi connectivity index (χ3v) is 7.21. The Morgan fingerprint density at radius 1 is 1.14 bits per heavy atom. The van der Waals surface area contributed by atoms with Crippen LogP contribution >= 0.6 is 0 Å². The van der Waals surface area contributed by atoms with E-state index in [-0.39, 0.29) is 29.8 Å². The number of pyridine rings is 1.